The zero-order valence-electron chi connectivity index (χ0n) is 26.3. The molecule has 3 aromatic rings. The first-order valence-electron chi connectivity index (χ1n) is 15.7. The van der Waals surface area contributed by atoms with Crippen LogP contribution in [0.1, 0.15) is 96.6 Å². The molecule has 0 saturated carbocycles. The SMILES string of the molecule is C=CC(=O)OCCCCOc1ccc(C(=O)Oc2ccc(C(=O)Oc3ccc(CCCCCCCCC)cc3)c(Cl)c2)cc1C. The summed E-state index contributed by atoms with van der Waals surface area (Å²) in [5.74, 6) is -0.333. The quantitative estimate of drug-likeness (QED) is 0.0562. The Hall–Kier alpha value is -4.10. The maximum Gasteiger partial charge on any atom is 0.345 e. The lowest BCUT2D eigenvalue weighted by molar-refractivity contribution is -0.137. The first-order valence-corrected chi connectivity index (χ1v) is 16.0. The number of ether oxygens (including phenoxy) is 4. The number of carbonyl (C=O) groups excluding carboxylic acids is 3. The maximum absolute atomic E-state index is 12.8. The van der Waals surface area contributed by atoms with Crippen molar-refractivity contribution in [3.05, 3.63) is 101 Å². The van der Waals surface area contributed by atoms with Gasteiger partial charge in [-0.3, -0.25) is 0 Å². The van der Waals surface area contributed by atoms with Crippen LogP contribution in [0.2, 0.25) is 5.02 Å². The van der Waals surface area contributed by atoms with E-state index in [9.17, 15) is 14.4 Å². The van der Waals surface area contributed by atoms with Gasteiger partial charge in [0.05, 0.1) is 29.4 Å². The van der Waals surface area contributed by atoms with Crippen LogP contribution in [0.25, 0.3) is 0 Å². The predicted octanol–water partition coefficient (Wildman–Crippen LogP) is 9.27. The zero-order chi connectivity index (χ0) is 32.4. The van der Waals surface area contributed by atoms with Crippen LogP contribution < -0.4 is 14.2 Å². The molecule has 0 atom stereocenters. The Morgan fingerprint density at radius 2 is 1.42 bits per heavy atom. The Labute approximate surface area is 271 Å². The Bertz CT molecular complexity index is 1410. The van der Waals surface area contributed by atoms with Crippen molar-refractivity contribution in [3.63, 3.8) is 0 Å². The molecular formula is C37H43ClO7. The standard InChI is InChI=1S/C37H43ClO7/c1-4-6-7-8-9-10-11-14-28-15-18-30(19-16-28)44-37(41)32-21-20-31(26-33(32)38)45-36(40)29-17-22-34(27(3)25-29)42-23-12-13-24-43-35(39)5-2/h5,15-22,25-26H,2,4,6-14,23-24H2,1,3H3. The third kappa shape index (κ3) is 12.4. The van der Waals surface area contributed by atoms with Crippen LogP contribution in [0.4, 0.5) is 0 Å². The van der Waals surface area contributed by atoms with Gasteiger partial charge >= 0.3 is 17.9 Å². The minimum absolute atomic E-state index is 0.111. The van der Waals surface area contributed by atoms with E-state index < -0.39 is 17.9 Å². The minimum atomic E-state index is -0.596. The molecular weight excluding hydrogens is 592 g/mol. The van der Waals surface area contributed by atoms with E-state index in [1.807, 2.05) is 19.1 Å². The van der Waals surface area contributed by atoms with Crippen LogP contribution in [0.3, 0.4) is 0 Å². The van der Waals surface area contributed by atoms with Crippen molar-refractivity contribution in [2.24, 2.45) is 0 Å². The molecule has 0 unspecified atom stereocenters. The molecule has 0 spiro atoms. The van der Waals surface area contributed by atoms with Crippen molar-refractivity contribution in [2.45, 2.75) is 78.1 Å². The van der Waals surface area contributed by atoms with Crippen molar-refractivity contribution in [3.8, 4) is 17.2 Å². The van der Waals surface area contributed by atoms with E-state index in [-0.39, 0.29) is 16.3 Å². The summed E-state index contributed by atoms with van der Waals surface area (Å²) in [5.41, 5.74) is 2.49. The first-order chi connectivity index (χ1) is 21.8. The van der Waals surface area contributed by atoms with Crippen molar-refractivity contribution < 1.29 is 33.3 Å². The number of hydrogen-bond donors (Lipinski definition) is 0. The molecule has 0 heterocycles. The van der Waals surface area contributed by atoms with Crippen LogP contribution in [0.5, 0.6) is 17.2 Å². The van der Waals surface area contributed by atoms with Gasteiger partial charge in [0.15, 0.2) is 0 Å². The molecule has 3 rings (SSSR count). The highest BCUT2D eigenvalue weighted by Gasteiger charge is 2.16. The van der Waals surface area contributed by atoms with Gasteiger partial charge in [0.1, 0.15) is 17.2 Å². The van der Waals surface area contributed by atoms with Gasteiger partial charge in [-0.1, -0.05) is 75.8 Å². The molecule has 0 amide bonds. The van der Waals surface area contributed by atoms with Crippen LogP contribution in [-0.4, -0.2) is 31.1 Å². The van der Waals surface area contributed by atoms with Crippen molar-refractivity contribution in [1.82, 2.24) is 0 Å². The molecule has 45 heavy (non-hydrogen) atoms. The number of aryl methyl sites for hydroxylation is 2. The zero-order valence-corrected chi connectivity index (χ0v) is 27.0. The predicted molar refractivity (Wildman–Crippen MR) is 177 cm³/mol. The van der Waals surface area contributed by atoms with E-state index in [2.05, 4.69) is 13.5 Å². The molecule has 0 aliphatic carbocycles. The molecule has 8 heteroatoms. The lowest BCUT2D eigenvalue weighted by atomic mass is 10.0. The molecule has 240 valence electrons. The highest BCUT2D eigenvalue weighted by atomic mass is 35.5. The number of rotatable bonds is 19. The lowest BCUT2D eigenvalue weighted by Crippen LogP contribution is -2.11. The second-order valence-electron chi connectivity index (χ2n) is 10.8. The molecule has 0 radical (unpaired) electrons. The minimum Gasteiger partial charge on any atom is -0.493 e. The average molecular weight is 635 g/mol. The average Bonchev–Trinajstić information content (AvgIpc) is 3.03. The van der Waals surface area contributed by atoms with E-state index in [0.717, 1.165) is 24.5 Å². The van der Waals surface area contributed by atoms with Gasteiger partial charge in [-0.15, -0.1) is 0 Å². The summed E-state index contributed by atoms with van der Waals surface area (Å²) in [6.07, 6.45) is 12.4. The molecule has 0 saturated heterocycles. The summed E-state index contributed by atoms with van der Waals surface area (Å²) in [6.45, 7) is 8.16. The highest BCUT2D eigenvalue weighted by molar-refractivity contribution is 6.33. The summed E-state index contributed by atoms with van der Waals surface area (Å²) < 4.78 is 21.7. The number of carbonyl (C=O) groups is 3. The Kier molecular flexibility index (Phi) is 15.2. The largest absolute Gasteiger partial charge is 0.493 e. The monoisotopic (exact) mass is 634 g/mol. The van der Waals surface area contributed by atoms with E-state index in [1.165, 1.54) is 62.3 Å². The lowest BCUT2D eigenvalue weighted by Gasteiger charge is -2.11. The fourth-order valence-electron chi connectivity index (χ4n) is 4.62. The molecule has 0 bridgehead atoms. The van der Waals surface area contributed by atoms with Gasteiger partial charge in [0.2, 0.25) is 0 Å². The van der Waals surface area contributed by atoms with Crippen LogP contribution in [0, 0.1) is 6.92 Å². The van der Waals surface area contributed by atoms with E-state index in [0.29, 0.717) is 43.1 Å². The second kappa shape index (κ2) is 19.3. The molecule has 7 nitrogen and oxygen atoms in total. The van der Waals surface area contributed by atoms with E-state index >= 15 is 0 Å². The van der Waals surface area contributed by atoms with E-state index in [1.54, 1.807) is 30.3 Å². The number of esters is 3. The van der Waals surface area contributed by atoms with Gasteiger partial charge in [-0.05, 0) is 86.2 Å². The van der Waals surface area contributed by atoms with E-state index in [4.69, 9.17) is 30.5 Å². The van der Waals surface area contributed by atoms with Crippen LogP contribution in [0.15, 0.2) is 73.3 Å². The molecule has 0 fully saturated rings. The van der Waals surface area contributed by atoms with Crippen molar-refractivity contribution in [2.75, 3.05) is 13.2 Å². The summed E-state index contributed by atoms with van der Waals surface area (Å²) in [7, 11) is 0. The molecule has 0 aliphatic heterocycles. The topological polar surface area (TPSA) is 88.1 Å². The number of benzene rings is 3. The summed E-state index contributed by atoms with van der Waals surface area (Å²) in [5, 5.41) is 0.111. The Morgan fingerprint density at radius 1 is 0.756 bits per heavy atom. The summed E-state index contributed by atoms with van der Waals surface area (Å²) in [4.78, 5) is 36.6. The number of hydrogen-bond acceptors (Lipinski definition) is 7. The molecule has 0 aromatic heterocycles. The van der Waals surface area contributed by atoms with Gasteiger partial charge in [-0.2, -0.15) is 0 Å². The normalized spacial score (nSPS) is 10.6. The molecule has 0 N–H and O–H groups in total. The van der Waals surface area contributed by atoms with Crippen molar-refractivity contribution in [1.29, 1.82) is 0 Å². The molecule has 3 aromatic carbocycles. The van der Waals surface area contributed by atoms with Gasteiger partial charge in [0.25, 0.3) is 0 Å². The first kappa shape index (κ1) is 35.4. The fraction of sp³-hybridized carbons (Fsp3) is 0.378. The number of halogens is 1. The Balaban J connectivity index is 1.45. The fourth-order valence-corrected chi connectivity index (χ4v) is 4.87. The van der Waals surface area contributed by atoms with Gasteiger partial charge in [-0.25, -0.2) is 14.4 Å². The summed E-state index contributed by atoms with van der Waals surface area (Å²) >= 11 is 6.37. The third-order valence-corrected chi connectivity index (χ3v) is 7.50. The summed E-state index contributed by atoms with van der Waals surface area (Å²) in [6, 6.07) is 16.9. The Morgan fingerprint density at radius 3 is 2.11 bits per heavy atom. The highest BCUT2D eigenvalue weighted by Crippen LogP contribution is 2.26. The smallest absolute Gasteiger partial charge is 0.345 e. The van der Waals surface area contributed by atoms with Gasteiger partial charge < -0.3 is 18.9 Å². The maximum atomic E-state index is 12.8. The second-order valence-corrected chi connectivity index (χ2v) is 11.3. The molecule has 0 aliphatic rings. The van der Waals surface area contributed by atoms with Gasteiger partial charge in [0, 0.05) is 12.1 Å². The van der Waals surface area contributed by atoms with Crippen molar-refractivity contribution >= 4 is 29.5 Å². The van der Waals surface area contributed by atoms with Crippen LogP contribution in [-0.2, 0) is 16.0 Å². The number of unbranched alkanes of at least 4 members (excludes halogenated alkanes) is 7. The van der Waals surface area contributed by atoms with Crippen LogP contribution >= 0.6 is 11.6 Å². The third-order valence-electron chi connectivity index (χ3n) is 7.19.